The van der Waals surface area contributed by atoms with Gasteiger partial charge in [-0.2, -0.15) is 8.42 Å². The fraction of sp³-hybridized carbons (Fsp3) is 0.333. The van der Waals surface area contributed by atoms with E-state index >= 15 is 0 Å². The van der Waals surface area contributed by atoms with Crippen molar-refractivity contribution in [2.75, 3.05) is 19.3 Å². The fourth-order valence-electron chi connectivity index (χ4n) is 1.12. The Balaban J connectivity index is 3.10. The summed E-state index contributed by atoms with van der Waals surface area (Å²) in [6.07, 6.45) is 0.878. The highest BCUT2D eigenvalue weighted by molar-refractivity contribution is 7.91. The van der Waals surface area contributed by atoms with Gasteiger partial charge in [0.25, 0.3) is 0 Å². The molecule has 0 bridgehead atoms. The molecular weight excluding hydrogens is 268 g/mol. The van der Waals surface area contributed by atoms with Crippen LogP contribution in [-0.4, -0.2) is 36.1 Å². The molecule has 1 aromatic rings. The van der Waals surface area contributed by atoms with Crippen LogP contribution in [0.1, 0.15) is 0 Å². The number of methoxy groups -OCH3 is 1. The van der Waals surface area contributed by atoms with Crippen molar-refractivity contribution >= 4 is 20.0 Å². The minimum atomic E-state index is -3.68. The zero-order valence-corrected chi connectivity index (χ0v) is 10.9. The molecule has 0 amide bonds. The van der Waals surface area contributed by atoms with Gasteiger partial charge in [-0.3, -0.25) is 0 Å². The second-order valence-electron chi connectivity index (χ2n) is 3.28. The minimum absolute atomic E-state index is 0.0512. The van der Waals surface area contributed by atoms with E-state index < -0.39 is 25.9 Å². The molecule has 17 heavy (non-hydrogen) atoms. The molecule has 0 heterocycles. The molecule has 0 N–H and O–H groups in total. The normalized spacial score (nSPS) is 12.4. The largest absolute Gasteiger partial charge is 0.383 e. The Hall–Kier alpha value is -1.12. The molecule has 0 radical (unpaired) electrons. The van der Waals surface area contributed by atoms with Gasteiger partial charge >= 0.3 is 10.1 Å². The van der Waals surface area contributed by atoms with Gasteiger partial charge in [0.05, 0.1) is 11.2 Å². The first-order valence-corrected chi connectivity index (χ1v) is 7.93. The van der Waals surface area contributed by atoms with Crippen molar-refractivity contribution in [2.24, 2.45) is 0 Å². The standard InChI is InChI=1S/C9H12O6S2/c1-14-7-17(12,13)9-5-3-4-8(6-9)15-16(2,10)11/h3-6H,7H2,1-2H3. The summed E-state index contributed by atoms with van der Waals surface area (Å²) < 4.78 is 54.2. The van der Waals surface area contributed by atoms with Crippen molar-refractivity contribution in [3.05, 3.63) is 24.3 Å². The van der Waals surface area contributed by atoms with Crippen molar-refractivity contribution in [3.8, 4) is 5.75 Å². The fourth-order valence-corrected chi connectivity index (χ4v) is 2.60. The highest BCUT2D eigenvalue weighted by Gasteiger charge is 2.15. The van der Waals surface area contributed by atoms with E-state index in [0.717, 1.165) is 12.3 Å². The summed E-state index contributed by atoms with van der Waals surface area (Å²) in [5.41, 5.74) is 0. The molecule has 0 saturated carbocycles. The maximum atomic E-state index is 11.6. The van der Waals surface area contributed by atoms with Crippen molar-refractivity contribution in [3.63, 3.8) is 0 Å². The second kappa shape index (κ2) is 5.03. The smallest absolute Gasteiger partial charge is 0.306 e. The lowest BCUT2D eigenvalue weighted by atomic mass is 10.3. The lowest BCUT2D eigenvalue weighted by Crippen LogP contribution is -2.10. The molecule has 1 rings (SSSR count). The van der Waals surface area contributed by atoms with E-state index in [4.69, 9.17) is 0 Å². The van der Waals surface area contributed by atoms with Crippen LogP contribution in [0.25, 0.3) is 0 Å². The molecule has 1 aromatic carbocycles. The summed E-state index contributed by atoms with van der Waals surface area (Å²) in [7, 11) is -6.00. The highest BCUT2D eigenvalue weighted by atomic mass is 32.2. The minimum Gasteiger partial charge on any atom is -0.383 e. The van der Waals surface area contributed by atoms with Crippen LogP contribution < -0.4 is 4.18 Å². The van der Waals surface area contributed by atoms with Crippen molar-refractivity contribution in [1.82, 2.24) is 0 Å². The monoisotopic (exact) mass is 280 g/mol. The third-order valence-corrected chi connectivity index (χ3v) is 3.70. The quantitative estimate of drug-likeness (QED) is 0.726. The van der Waals surface area contributed by atoms with Gasteiger partial charge in [-0.1, -0.05) is 6.07 Å². The summed E-state index contributed by atoms with van der Waals surface area (Å²) in [5, 5.41) is 0. The predicted molar refractivity (Wildman–Crippen MR) is 61.0 cm³/mol. The Morgan fingerprint density at radius 1 is 1.18 bits per heavy atom. The first-order chi connectivity index (χ1) is 7.74. The molecule has 0 saturated heterocycles. The van der Waals surface area contributed by atoms with Crippen LogP contribution in [-0.2, 0) is 24.7 Å². The number of hydrogen-bond acceptors (Lipinski definition) is 6. The summed E-state index contributed by atoms with van der Waals surface area (Å²) in [4.78, 5) is -0.0551. The Bertz CT molecular complexity index is 588. The van der Waals surface area contributed by atoms with E-state index in [1.165, 1.54) is 25.3 Å². The number of ether oxygens (including phenoxy) is 1. The van der Waals surface area contributed by atoms with Gasteiger partial charge in [0.1, 0.15) is 5.75 Å². The second-order valence-corrected chi connectivity index (χ2v) is 6.80. The van der Waals surface area contributed by atoms with E-state index in [1.54, 1.807) is 0 Å². The third-order valence-electron chi connectivity index (χ3n) is 1.69. The Kier molecular flexibility index (Phi) is 4.12. The molecule has 0 spiro atoms. The predicted octanol–water partition coefficient (Wildman–Crippen LogP) is 0.403. The maximum absolute atomic E-state index is 11.6. The molecule has 0 aliphatic rings. The molecule has 0 atom stereocenters. The lowest BCUT2D eigenvalue weighted by Gasteiger charge is -2.06. The number of hydrogen-bond donors (Lipinski definition) is 0. The van der Waals surface area contributed by atoms with Gasteiger partial charge in [-0.15, -0.1) is 0 Å². The van der Waals surface area contributed by atoms with Crippen molar-refractivity contribution in [2.45, 2.75) is 4.90 Å². The Morgan fingerprint density at radius 2 is 1.82 bits per heavy atom. The number of benzene rings is 1. The molecular formula is C9H12O6S2. The van der Waals surface area contributed by atoms with E-state index in [-0.39, 0.29) is 10.6 Å². The average Bonchev–Trinajstić information content (AvgIpc) is 2.15. The third kappa shape index (κ3) is 4.33. The summed E-state index contributed by atoms with van der Waals surface area (Å²) >= 11 is 0. The van der Waals surface area contributed by atoms with E-state index in [1.807, 2.05) is 0 Å². The molecule has 0 fully saturated rings. The lowest BCUT2D eigenvalue weighted by molar-refractivity contribution is 0.249. The van der Waals surface area contributed by atoms with Gasteiger partial charge in [0.15, 0.2) is 5.94 Å². The average molecular weight is 280 g/mol. The van der Waals surface area contributed by atoms with E-state index in [9.17, 15) is 16.8 Å². The molecule has 0 aliphatic carbocycles. The number of sulfone groups is 1. The molecule has 0 aromatic heterocycles. The number of rotatable bonds is 5. The van der Waals surface area contributed by atoms with E-state index in [2.05, 4.69) is 8.92 Å². The molecule has 6 nitrogen and oxygen atoms in total. The Labute approximate surface area is 100 Å². The summed E-state index contributed by atoms with van der Waals surface area (Å²) in [5.74, 6) is -0.528. The van der Waals surface area contributed by atoms with Crippen LogP contribution >= 0.6 is 0 Å². The van der Waals surface area contributed by atoms with Crippen molar-refractivity contribution in [1.29, 1.82) is 0 Å². The van der Waals surface area contributed by atoms with Crippen LogP contribution in [0.3, 0.4) is 0 Å². The van der Waals surface area contributed by atoms with Gasteiger partial charge < -0.3 is 8.92 Å². The maximum Gasteiger partial charge on any atom is 0.306 e. The van der Waals surface area contributed by atoms with Gasteiger partial charge in [0, 0.05) is 13.2 Å². The van der Waals surface area contributed by atoms with Crippen LogP contribution in [0.5, 0.6) is 5.75 Å². The van der Waals surface area contributed by atoms with Crippen LogP contribution in [0.4, 0.5) is 0 Å². The summed E-state index contributed by atoms with van der Waals surface area (Å²) in [6, 6.07) is 5.22. The molecule has 0 aliphatic heterocycles. The topological polar surface area (TPSA) is 86.7 Å². The first kappa shape index (κ1) is 13.9. The van der Waals surface area contributed by atoms with E-state index in [0.29, 0.717) is 0 Å². The van der Waals surface area contributed by atoms with Crippen LogP contribution in [0.15, 0.2) is 29.2 Å². The van der Waals surface area contributed by atoms with Crippen LogP contribution in [0, 0.1) is 0 Å². The van der Waals surface area contributed by atoms with Crippen LogP contribution in [0.2, 0.25) is 0 Å². The van der Waals surface area contributed by atoms with Gasteiger partial charge in [-0.05, 0) is 12.1 Å². The highest BCUT2D eigenvalue weighted by Crippen LogP contribution is 2.19. The Morgan fingerprint density at radius 3 is 2.35 bits per heavy atom. The SMILES string of the molecule is COCS(=O)(=O)c1cccc(OS(C)(=O)=O)c1. The summed E-state index contributed by atoms with van der Waals surface area (Å²) in [6.45, 7) is 0. The zero-order valence-electron chi connectivity index (χ0n) is 9.28. The zero-order chi connectivity index (χ0) is 13.1. The van der Waals surface area contributed by atoms with Crippen molar-refractivity contribution < 1.29 is 25.8 Å². The molecule has 8 heteroatoms. The van der Waals surface area contributed by atoms with Gasteiger partial charge in [-0.25, -0.2) is 8.42 Å². The van der Waals surface area contributed by atoms with Gasteiger partial charge in [0.2, 0.25) is 9.84 Å². The first-order valence-electron chi connectivity index (χ1n) is 4.46. The molecule has 0 unspecified atom stereocenters. The molecule has 96 valence electrons.